The molecule has 0 aliphatic carbocycles. The summed E-state index contributed by atoms with van der Waals surface area (Å²) in [6.45, 7) is 0. The normalized spacial score (nSPS) is 9.87. The van der Waals surface area contributed by atoms with Crippen LogP contribution in [0.1, 0.15) is 0 Å². The highest BCUT2D eigenvalue weighted by Crippen LogP contribution is 2.23. The van der Waals surface area contributed by atoms with Crippen LogP contribution in [0, 0.1) is 11.6 Å². The van der Waals surface area contributed by atoms with Crippen molar-refractivity contribution in [2.24, 2.45) is 0 Å². The molecule has 4 nitrogen and oxygen atoms in total. The van der Waals surface area contributed by atoms with Crippen molar-refractivity contribution in [1.29, 1.82) is 0 Å². The third-order valence-corrected chi connectivity index (χ3v) is 1.72. The van der Waals surface area contributed by atoms with Gasteiger partial charge in [0.05, 0.1) is 5.69 Å². The maximum absolute atomic E-state index is 13.2. The first kappa shape index (κ1) is 11.2. The van der Waals surface area contributed by atoms with Crippen molar-refractivity contribution in [3.63, 3.8) is 0 Å². The maximum Gasteiger partial charge on any atom is 0.321 e. The van der Waals surface area contributed by atoms with E-state index in [0.29, 0.717) is 6.07 Å². The third kappa shape index (κ3) is 2.55. The Hall–Kier alpha value is -1.85. The lowest BCUT2D eigenvalue weighted by Gasteiger charge is -2.14. The molecule has 6 heteroatoms. The Labute approximate surface area is 85.7 Å². The molecule has 0 spiro atoms. The second kappa shape index (κ2) is 4.12. The minimum atomic E-state index is -0.900. The number of carbonyl (C=O) groups excluding carboxylic acids is 1. The first-order chi connectivity index (χ1) is 6.91. The van der Waals surface area contributed by atoms with E-state index in [1.54, 1.807) is 0 Å². The molecule has 82 valence electrons. The van der Waals surface area contributed by atoms with Gasteiger partial charge in [-0.05, 0) is 6.07 Å². The second-order valence-corrected chi connectivity index (χ2v) is 3.18. The third-order valence-electron chi connectivity index (χ3n) is 1.72. The van der Waals surface area contributed by atoms with Gasteiger partial charge in [-0.15, -0.1) is 0 Å². The zero-order valence-electron chi connectivity index (χ0n) is 8.34. The monoisotopic (exact) mass is 215 g/mol. The zero-order chi connectivity index (χ0) is 11.6. The number of anilines is 2. The largest absolute Gasteiger partial charge is 0.397 e. The van der Waals surface area contributed by atoms with Crippen LogP contribution < -0.4 is 11.1 Å². The van der Waals surface area contributed by atoms with E-state index in [9.17, 15) is 13.6 Å². The van der Waals surface area contributed by atoms with Gasteiger partial charge in [0.2, 0.25) is 0 Å². The number of nitrogens with two attached hydrogens (primary N) is 1. The number of halogens is 2. The number of rotatable bonds is 1. The standard InChI is InChI=1S/C9H11F2N3O/c1-14(2)9(15)13-8-6(11)3-5(10)4-7(8)12/h3-4H,12H2,1-2H3,(H,13,15). The highest BCUT2D eigenvalue weighted by molar-refractivity contribution is 5.92. The van der Waals surface area contributed by atoms with Gasteiger partial charge in [-0.2, -0.15) is 0 Å². The molecule has 0 atom stereocenters. The minimum absolute atomic E-state index is 0.150. The Morgan fingerprint density at radius 1 is 1.40 bits per heavy atom. The smallest absolute Gasteiger partial charge is 0.321 e. The predicted molar refractivity (Wildman–Crippen MR) is 53.5 cm³/mol. The zero-order valence-corrected chi connectivity index (χ0v) is 8.34. The molecule has 0 fully saturated rings. The fourth-order valence-corrected chi connectivity index (χ4v) is 0.944. The summed E-state index contributed by atoms with van der Waals surface area (Å²) in [6.07, 6.45) is 0. The van der Waals surface area contributed by atoms with Crippen LogP contribution in [0.3, 0.4) is 0 Å². The average Bonchev–Trinajstić information content (AvgIpc) is 2.10. The molecule has 0 saturated carbocycles. The van der Waals surface area contributed by atoms with Crippen molar-refractivity contribution >= 4 is 17.4 Å². The van der Waals surface area contributed by atoms with Crippen molar-refractivity contribution in [1.82, 2.24) is 4.90 Å². The van der Waals surface area contributed by atoms with Crippen molar-refractivity contribution < 1.29 is 13.6 Å². The predicted octanol–water partition coefficient (Wildman–Crippen LogP) is 1.64. The molecule has 0 bridgehead atoms. The van der Waals surface area contributed by atoms with Crippen molar-refractivity contribution in [2.75, 3.05) is 25.1 Å². The number of nitrogen functional groups attached to an aromatic ring is 1. The molecule has 3 N–H and O–H groups in total. The fraction of sp³-hybridized carbons (Fsp3) is 0.222. The summed E-state index contributed by atoms with van der Waals surface area (Å²) in [5.41, 5.74) is 4.99. The maximum atomic E-state index is 13.2. The van der Waals surface area contributed by atoms with Gasteiger partial charge >= 0.3 is 6.03 Å². The number of hydrogen-bond donors (Lipinski definition) is 2. The quantitative estimate of drug-likeness (QED) is 0.699. The van der Waals surface area contributed by atoms with Crippen LogP contribution >= 0.6 is 0 Å². The van der Waals surface area contributed by atoms with E-state index in [2.05, 4.69) is 5.32 Å². The van der Waals surface area contributed by atoms with E-state index in [4.69, 9.17) is 5.73 Å². The molecule has 0 heterocycles. The lowest BCUT2D eigenvalue weighted by atomic mass is 10.2. The van der Waals surface area contributed by atoms with E-state index in [1.807, 2.05) is 0 Å². The van der Waals surface area contributed by atoms with Gasteiger partial charge in [0.1, 0.15) is 11.5 Å². The molecule has 15 heavy (non-hydrogen) atoms. The Morgan fingerprint density at radius 3 is 2.47 bits per heavy atom. The number of urea groups is 1. The highest BCUT2D eigenvalue weighted by atomic mass is 19.1. The van der Waals surface area contributed by atoms with E-state index in [0.717, 1.165) is 6.07 Å². The molecule has 0 unspecified atom stereocenters. The molecule has 0 aliphatic heterocycles. The van der Waals surface area contributed by atoms with Gasteiger partial charge in [-0.3, -0.25) is 0 Å². The van der Waals surface area contributed by atoms with E-state index >= 15 is 0 Å². The van der Waals surface area contributed by atoms with Crippen LogP contribution in [-0.4, -0.2) is 25.0 Å². The van der Waals surface area contributed by atoms with Crippen molar-refractivity contribution in [3.8, 4) is 0 Å². The molecule has 0 aliphatic rings. The minimum Gasteiger partial charge on any atom is -0.397 e. The van der Waals surface area contributed by atoms with Gasteiger partial charge < -0.3 is 16.0 Å². The van der Waals surface area contributed by atoms with Crippen LogP contribution in [0.15, 0.2) is 12.1 Å². The van der Waals surface area contributed by atoms with Gasteiger partial charge in [0.15, 0.2) is 5.82 Å². The number of amides is 2. The molecule has 1 aromatic carbocycles. The van der Waals surface area contributed by atoms with Crippen LogP contribution in [0.2, 0.25) is 0 Å². The Balaban J connectivity index is 3.00. The molecule has 1 rings (SSSR count). The molecule has 0 aromatic heterocycles. The van der Waals surface area contributed by atoms with Crippen LogP contribution in [0.5, 0.6) is 0 Å². The topological polar surface area (TPSA) is 58.4 Å². The van der Waals surface area contributed by atoms with Gasteiger partial charge in [-0.25, -0.2) is 13.6 Å². The molecular weight excluding hydrogens is 204 g/mol. The Bertz CT molecular complexity index is 370. The number of nitrogens with one attached hydrogen (secondary N) is 1. The van der Waals surface area contributed by atoms with Gasteiger partial charge in [0, 0.05) is 20.2 Å². The summed E-state index contributed by atoms with van der Waals surface area (Å²) in [6, 6.07) is 1.06. The second-order valence-electron chi connectivity index (χ2n) is 3.18. The summed E-state index contributed by atoms with van der Waals surface area (Å²) in [4.78, 5) is 12.4. The summed E-state index contributed by atoms with van der Waals surface area (Å²) in [5, 5.41) is 2.23. The highest BCUT2D eigenvalue weighted by Gasteiger charge is 2.12. The first-order valence-corrected chi connectivity index (χ1v) is 4.14. The summed E-state index contributed by atoms with van der Waals surface area (Å²) >= 11 is 0. The van der Waals surface area contributed by atoms with Crippen molar-refractivity contribution in [2.45, 2.75) is 0 Å². The van der Waals surface area contributed by atoms with Crippen LogP contribution in [0.4, 0.5) is 25.0 Å². The average molecular weight is 215 g/mol. The van der Waals surface area contributed by atoms with Gasteiger partial charge in [-0.1, -0.05) is 0 Å². The number of nitrogens with zero attached hydrogens (tertiary/aromatic N) is 1. The molecule has 0 radical (unpaired) electrons. The van der Waals surface area contributed by atoms with E-state index in [1.165, 1.54) is 19.0 Å². The van der Waals surface area contributed by atoms with Crippen LogP contribution in [-0.2, 0) is 0 Å². The summed E-state index contributed by atoms with van der Waals surface area (Å²) < 4.78 is 25.8. The molecule has 2 amide bonds. The molecule has 1 aromatic rings. The lowest BCUT2D eigenvalue weighted by Crippen LogP contribution is -2.28. The van der Waals surface area contributed by atoms with E-state index in [-0.39, 0.29) is 11.4 Å². The Kier molecular flexibility index (Phi) is 3.08. The number of benzene rings is 1. The Morgan fingerprint density at radius 2 is 2.00 bits per heavy atom. The fourth-order valence-electron chi connectivity index (χ4n) is 0.944. The molecule has 0 saturated heterocycles. The number of hydrogen-bond acceptors (Lipinski definition) is 2. The summed E-state index contributed by atoms with van der Waals surface area (Å²) in [5.74, 6) is -1.68. The van der Waals surface area contributed by atoms with Crippen molar-refractivity contribution in [3.05, 3.63) is 23.8 Å². The first-order valence-electron chi connectivity index (χ1n) is 4.14. The molecular formula is C9H11F2N3O. The summed E-state index contributed by atoms with van der Waals surface area (Å²) in [7, 11) is 2.99. The number of carbonyl (C=O) groups is 1. The lowest BCUT2D eigenvalue weighted by molar-refractivity contribution is 0.230. The van der Waals surface area contributed by atoms with E-state index < -0.39 is 17.7 Å². The SMILES string of the molecule is CN(C)C(=O)Nc1c(N)cc(F)cc1F. The van der Waals surface area contributed by atoms with Gasteiger partial charge in [0.25, 0.3) is 0 Å². The van der Waals surface area contributed by atoms with Crippen LogP contribution in [0.25, 0.3) is 0 Å².